The van der Waals surface area contributed by atoms with Crippen LogP contribution in [0.4, 0.5) is 0 Å². The van der Waals surface area contributed by atoms with Gasteiger partial charge in [-0.15, -0.1) is 0 Å². The first-order valence-corrected chi connectivity index (χ1v) is 8.17. The van der Waals surface area contributed by atoms with Gasteiger partial charge in [0.1, 0.15) is 0 Å². The second kappa shape index (κ2) is 7.44. The first-order chi connectivity index (χ1) is 7.69. The standard InChI is InChI=1S/C13H27NOS/c1-4-11(3)13(14-5-2)10-16(15)12-8-6-7-9-12/h11-14H,4-10H2,1-3H3. The van der Waals surface area contributed by atoms with Crippen molar-refractivity contribution < 1.29 is 4.21 Å². The smallest absolute Gasteiger partial charge is 0.0394 e. The summed E-state index contributed by atoms with van der Waals surface area (Å²) >= 11 is 0. The number of hydrogen-bond donors (Lipinski definition) is 1. The molecule has 0 aromatic rings. The van der Waals surface area contributed by atoms with Gasteiger partial charge in [-0.25, -0.2) is 0 Å². The van der Waals surface area contributed by atoms with Gasteiger partial charge in [0.15, 0.2) is 0 Å². The van der Waals surface area contributed by atoms with E-state index in [-0.39, 0.29) is 0 Å². The highest BCUT2D eigenvalue weighted by molar-refractivity contribution is 7.85. The molecule has 0 aliphatic heterocycles. The quantitative estimate of drug-likeness (QED) is 0.747. The molecule has 1 rings (SSSR count). The average Bonchev–Trinajstić information content (AvgIpc) is 2.80. The maximum absolute atomic E-state index is 12.2. The lowest BCUT2D eigenvalue weighted by molar-refractivity contribution is 0.401. The minimum absolute atomic E-state index is 0.441. The third-order valence-electron chi connectivity index (χ3n) is 3.81. The fourth-order valence-electron chi connectivity index (χ4n) is 2.44. The summed E-state index contributed by atoms with van der Waals surface area (Å²) in [5.41, 5.74) is 0. The largest absolute Gasteiger partial charge is 0.313 e. The molecular weight excluding hydrogens is 218 g/mol. The molecule has 0 aromatic carbocycles. The summed E-state index contributed by atoms with van der Waals surface area (Å²) < 4.78 is 12.2. The van der Waals surface area contributed by atoms with E-state index in [1.165, 1.54) is 32.1 Å². The van der Waals surface area contributed by atoms with Gasteiger partial charge in [-0.3, -0.25) is 4.21 Å². The molecule has 1 fully saturated rings. The first kappa shape index (κ1) is 14.2. The molecule has 0 heterocycles. The Morgan fingerprint density at radius 3 is 2.44 bits per heavy atom. The topological polar surface area (TPSA) is 29.1 Å². The van der Waals surface area contributed by atoms with Crippen LogP contribution in [-0.2, 0) is 10.8 Å². The van der Waals surface area contributed by atoms with E-state index in [4.69, 9.17) is 0 Å². The Kier molecular flexibility index (Phi) is 6.59. The number of rotatable bonds is 7. The van der Waals surface area contributed by atoms with Crippen molar-refractivity contribution in [2.45, 2.75) is 64.2 Å². The predicted molar refractivity (Wildman–Crippen MR) is 72.2 cm³/mol. The van der Waals surface area contributed by atoms with Gasteiger partial charge >= 0.3 is 0 Å². The fourth-order valence-corrected chi connectivity index (χ4v) is 4.37. The Morgan fingerprint density at radius 2 is 1.94 bits per heavy atom. The summed E-state index contributed by atoms with van der Waals surface area (Å²) in [6.07, 6.45) is 6.11. The first-order valence-electron chi connectivity index (χ1n) is 6.79. The van der Waals surface area contributed by atoms with Crippen LogP contribution in [0.15, 0.2) is 0 Å². The third kappa shape index (κ3) is 4.17. The zero-order valence-electron chi connectivity index (χ0n) is 11.0. The molecule has 2 nitrogen and oxygen atoms in total. The highest BCUT2D eigenvalue weighted by atomic mass is 32.2. The van der Waals surface area contributed by atoms with Gasteiger partial charge in [0.05, 0.1) is 0 Å². The SMILES string of the molecule is CCNC(CS(=O)C1CCCC1)C(C)CC. The maximum atomic E-state index is 12.2. The Balaban J connectivity index is 2.43. The Morgan fingerprint density at radius 1 is 1.31 bits per heavy atom. The van der Waals surface area contributed by atoms with E-state index in [1.807, 2.05) is 0 Å². The third-order valence-corrected chi connectivity index (χ3v) is 5.72. The zero-order chi connectivity index (χ0) is 12.0. The van der Waals surface area contributed by atoms with E-state index in [1.54, 1.807) is 0 Å². The van der Waals surface area contributed by atoms with Crippen molar-refractivity contribution in [1.82, 2.24) is 5.32 Å². The summed E-state index contributed by atoms with van der Waals surface area (Å²) in [5.74, 6) is 1.48. The van der Waals surface area contributed by atoms with E-state index < -0.39 is 10.8 Å². The van der Waals surface area contributed by atoms with E-state index in [0.717, 1.165) is 12.3 Å². The molecule has 0 spiro atoms. The molecule has 3 atom stereocenters. The van der Waals surface area contributed by atoms with Crippen LogP contribution in [0.1, 0.15) is 52.9 Å². The average molecular weight is 245 g/mol. The van der Waals surface area contributed by atoms with Crippen molar-refractivity contribution in [3.8, 4) is 0 Å². The molecule has 1 saturated carbocycles. The molecule has 3 unspecified atom stereocenters. The molecule has 0 amide bonds. The van der Waals surface area contributed by atoms with Crippen molar-refractivity contribution in [1.29, 1.82) is 0 Å². The van der Waals surface area contributed by atoms with E-state index in [0.29, 0.717) is 17.2 Å². The second-order valence-electron chi connectivity index (χ2n) is 5.00. The molecule has 0 saturated heterocycles. The monoisotopic (exact) mass is 245 g/mol. The van der Waals surface area contributed by atoms with Gasteiger partial charge in [-0.05, 0) is 25.3 Å². The minimum atomic E-state index is -0.612. The number of nitrogens with one attached hydrogen (secondary N) is 1. The summed E-state index contributed by atoms with van der Waals surface area (Å²) in [5, 5.41) is 3.99. The summed E-state index contributed by atoms with van der Waals surface area (Å²) in [6, 6.07) is 0.441. The van der Waals surface area contributed by atoms with Gasteiger partial charge in [-0.1, -0.05) is 40.0 Å². The van der Waals surface area contributed by atoms with Crippen LogP contribution in [0.3, 0.4) is 0 Å². The molecular formula is C13H27NOS. The van der Waals surface area contributed by atoms with Gasteiger partial charge in [0.2, 0.25) is 0 Å². The van der Waals surface area contributed by atoms with Crippen LogP contribution in [0.5, 0.6) is 0 Å². The summed E-state index contributed by atoms with van der Waals surface area (Å²) in [4.78, 5) is 0. The highest BCUT2D eigenvalue weighted by Gasteiger charge is 2.25. The van der Waals surface area contributed by atoms with Crippen molar-refractivity contribution in [3.63, 3.8) is 0 Å². The molecule has 1 aliphatic rings. The van der Waals surface area contributed by atoms with Crippen molar-refractivity contribution in [3.05, 3.63) is 0 Å². The Labute approximate surface area is 103 Å². The van der Waals surface area contributed by atoms with Crippen LogP contribution in [0, 0.1) is 5.92 Å². The van der Waals surface area contributed by atoms with E-state index in [9.17, 15) is 4.21 Å². The van der Waals surface area contributed by atoms with E-state index >= 15 is 0 Å². The van der Waals surface area contributed by atoms with Crippen LogP contribution in [0.2, 0.25) is 0 Å². The minimum Gasteiger partial charge on any atom is -0.313 e. The second-order valence-corrected chi connectivity index (χ2v) is 6.77. The molecule has 1 aliphatic carbocycles. The van der Waals surface area contributed by atoms with Gasteiger partial charge in [0, 0.05) is 27.8 Å². The molecule has 0 aromatic heterocycles. The highest BCUT2D eigenvalue weighted by Crippen LogP contribution is 2.24. The van der Waals surface area contributed by atoms with Crippen molar-refractivity contribution in [2.24, 2.45) is 5.92 Å². The Bertz CT molecular complexity index is 214. The molecule has 1 N–H and O–H groups in total. The van der Waals surface area contributed by atoms with Crippen LogP contribution in [0.25, 0.3) is 0 Å². The Hall–Kier alpha value is 0.110. The van der Waals surface area contributed by atoms with Crippen LogP contribution < -0.4 is 5.32 Å². The van der Waals surface area contributed by atoms with Crippen molar-refractivity contribution >= 4 is 10.8 Å². The van der Waals surface area contributed by atoms with Crippen molar-refractivity contribution in [2.75, 3.05) is 12.3 Å². The molecule has 16 heavy (non-hydrogen) atoms. The lowest BCUT2D eigenvalue weighted by Gasteiger charge is -2.24. The van der Waals surface area contributed by atoms with E-state index in [2.05, 4.69) is 26.1 Å². The number of hydrogen-bond acceptors (Lipinski definition) is 2. The normalized spacial score (nSPS) is 23.2. The molecule has 3 heteroatoms. The molecule has 0 bridgehead atoms. The van der Waals surface area contributed by atoms with Crippen LogP contribution >= 0.6 is 0 Å². The van der Waals surface area contributed by atoms with Gasteiger partial charge in [0.25, 0.3) is 0 Å². The van der Waals surface area contributed by atoms with Crippen LogP contribution in [-0.4, -0.2) is 27.8 Å². The fraction of sp³-hybridized carbons (Fsp3) is 1.00. The molecule has 96 valence electrons. The van der Waals surface area contributed by atoms with Gasteiger partial charge in [-0.2, -0.15) is 0 Å². The zero-order valence-corrected chi connectivity index (χ0v) is 11.8. The predicted octanol–water partition coefficient (Wildman–Crippen LogP) is 2.70. The van der Waals surface area contributed by atoms with Gasteiger partial charge < -0.3 is 5.32 Å². The summed E-state index contributed by atoms with van der Waals surface area (Å²) in [7, 11) is -0.612. The molecule has 0 radical (unpaired) electrons. The maximum Gasteiger partial charge on any atom is 0.0394 e. The summed E-state index contributed by atoms with van der Waals surface area (Å²) in [6.45, 7) is 7.59. The lowest BCUT2D eigenvalue weighted by Crippen LogP contribution is -2.40. The lowest BCUT2D eigenvalue weighted by atomic mass is 10.0.